The molecule has 24 heavy (non-hydrogen) atoms. The van der Waals surface area contributed by atoms with Gasteiger partial charge in [0.1, 0.15) is 17.5 Å². The van der Waals surface area contributed by atoms with Crippen molar-refractivity contribution in [2.75, 3.05) is 0 Å². The molecule has 0 saturated carbocycles. The molecule has 2 heterocycles. The molecule has 0 spiro atoms. The largest absolute Gasteiger partial charge is 0.364 e. The summed E-state index contributed by atoms with van der Waals surface area (Å²) in [5.41, 5.74) is 2.10. The first kappa shape index (κ1) is 15.9. The number of aliphatic hydroxyl groups excluding tert-OH is 1. The summed E-state index contributed by atoms with van der Waals surface area (Å²) in [6.07, 6.45) is 3.03. The number of hydrogen-bond donors (Lipinski definition) is 2. The van der Waals surface area contributed by atoms with Crippen LogP contribution in [0.25, 0.3) is 17.1 Å². The summed E-state index contributed by atoms with van der Waals surface area (Å²) >= 11 is 0. The molecule has 0 aliphatic rings. The number of benzene rings is 1. The maximum absolute atomic E-state index is 13.0. The summed E-state index contributed by atoms with van der Waals surface area (Å²) in [6, 6.07) is 11.6. The minimum absolute atomic E-state index is 0.153. The summed E-state index contributed by atoms with van der Waals surface area (Å²) < 4.78 is 14.9. The van der Waals surface area contributed by atoms with Gasteiger partial charge in [0.25, 0.3) is 0 Å². The molecule has 0 bridgehead atoms. The SMILES string of the molecule is N#C/C(=C\c1cn(Cc2ccc(F)cc2)c2ncccc12)C(O)O. The van der Waals surface area contributed by atoms with E-state index in [2.05, 4.69) is 4.98 Å². The molecular formula is C18H14FN3O2. The van der Waals surface area contributed by atoms with E-state index in [4.69, 9.17) is 5.26 Å². The van der Waals surface area contributed by atoms with E-state index in [9.17, 15) is 14.6 Å². The van der Waals surface area contributed by atoms with Gasteiger partial charge in [-0.3, -0.25) is 0 Å². The molecule has 5 nitrogen and oxygen atoms in total. The zero-order chi connectivity index (χ0) is 17.1. The molecule has 3 rings (SSSR count). The van der Waals surface area contributed by atoms with E-state index in [0.717, 1.165) is 10.9 Å². The smallest absolute Gasteiger partial charge is 0.188 e. The lowest BCUT2D eigenvalue weighted by Crippen LogP contribution is -2.06. The van der Waals surface area contributed by atoms with E-state index >= 15 is 0 Å². The molecule has 2 aromatic heterocycles. The standard InChI is InChI=1S/C18H14FN3O2/c19-15-5-3-12(4-6-15)10-22-11-14(8-13(9-20)18(23)24)16-2-1-7-21-17(16)22/h1-8,11,18,23-24H,10H2/b13-8+. The first-order valence-corrected chi connectivity index (χ1v) is 7.24. The molecule has 120 valence electrons. The van der Waals surface area contributed by atoms with Gasteiger partial charge in [0.15, 0.2) is 6.29 Å². The number of fused-ring (bicyclic) bond motifs is 1. The van der Waals surface area contributed by atoms with Crippen LogP contribution in [-0.4, -0.2) is 26.1 Å². The molecule has 2 N–H and O–H groups in total. The van der Waals surface area contributed by atoms with Gasteiger partial charge in [-0.15, -0.1) is 0 Å². The third-order valence-electron chi connectivity index (χ3n) is 3.65. The summed E-state index contributed by atoms with van der Waals surface area (Å²) in [5.74, 6) is -0.298. The van der Waals surface area contributed by atoms with Gasteiger partial charge < -0.3 is 14.8 Å². The fourth-order valence-corrected chi connectivity index (χ4v) is 2.50. The number of nitriles is 1. The van der Waals surface area contributed by atoms with Crippen LogP contribution in [0.3, 0.4) is 0 Å². The summed E-state index contributed by atoms with van der Waals surface area (Å²) in [7, 11) is 0. The Morgan fingerprint density at radius 3 is 2.71 bits per heavy atom. The molecule has 0 amide bonds. The van der Waals surface area contributed by atoms with Crippen molar-refractivity contribution >= 4 is 17.1 Å². The van der Waals surface area contributed by atoms with Crippen molar-refractivity contribution in [1.82, 2.24) is 9.55 Å². The van der Waals surface area contributed by atoms with Gasteiger partial charge in [-0.2, -0.15) is 5.26 Å². The van der Waals surface area contributed by atoms with E-state index in [-0.39, 0.29) is 11.4 Å². The number of aromatic nitrogens is 2. The molecule has 0 fully saturated rings. The number of nitrogens with zero attached hydrogens (tertiary/aromatic N) is 3. The Hall–Kier alpha value is -3.01. The Labute approximate surface area is 137 Å². The highest BCUT2D eigenvalue weighted by molar-refractivity contribution is 5.87. The maximum Gasteiger partial charge on any atom is 0.188 e. The average molecular weight is 323 g/mol. The number of aliphatic hydroxyl groups is 2. The van der Waals surface area contributed by atoms with E-state index in [1.807, 2.05) is 10.6 Å². The van der Waals surface area contributed by atoms with E-state index < -0.39 is 6.29 Å². The van der Waals surface area contributed by atoms with Crippen molar-refractivity contribution in [3.63, 3.8) is 0 Å². The van der Waals surface area contributed by atoms with E-state index in [1.165, 1.54) is 18.2 Å². The first-order valence-electron chi connectivity index (χ1n) is 7.24. The minimum Gasteiger partial charge on any atom is -0.364 e. The predicted molar refractivity (Wildman–Crippen MR) is 87.1 cm³/mol. The van der Waals surface area contributed by atoms with Gasteiger partial charge in [-0.05, 0) is 35.9 Å². The van der Waals surface area contributed by atoms with E-state index in [1.54, 1.807) is 36.7 Å². The Morgan fingerprint density at radius 2 is 2.04 bits per heavy atom. The van der Waals surface area contributed by atoms with Crippen LogP contribution >= 0.6 is 0 Å². The lowest BCUT2D eigenvalue weighted by molar-refractivity contribution is -0.00331. The van der Waals surface area contributed by atoms with Crippen molar-refractivity contribution in [3.8, 4) is 6.07 Å². The van der Waals surface area contributed by atoms with Crippen LogP contribution in [0.5, 0.6) is 0 Å². The van der Waals surface area contributed by atoms with Gasteiger partial charge in [0, 0.05) is 29.9 Å². The van der Waals surface area contributed by atoms with Gasteiger partial charge in [-0.1, -0.05) is 12.1 Å². The molecule has 0 aliphatic heterocycles. The second-order valence-electron chi connectivity index (χ2n) is 5.30. The Morgan fingerprint density at radius 1 is 1.29 bits per heavy atom. The third-order valence-corrected chi connectivity index (χ3v) is 3.65. The molecule has 0 aliphatic carbocycles. The van der Waals surface area contributed by atoms with Gasteiger partial charge in [-0.25, -0.2) is 9.37 Å². The van der Waals surface area contributed by atoms with Crippen molar-refractivity contribution in [2.24, 2.45) is 0 Å². The second kappa shape index (κ2) is 6.62. The molecule has 0 radical (unpaired) electrons. The summed E-state index contributed by atoms with van der Waals surface area (Å²) in [4.78, 5) is 4.35. The number of rotatable bonds is 4. The Kier molecular flexibility index (Phi) is 4.38. The van der Waals surface area contributed by atoms with E-state index in [0.29, 0.717) is 17.8 Å². The number of hydrogen-bond acceptors (Lipinski definition) is 4. The van der Waals surface area contributed by atoms with Crippen LogP contribution < -0.4 is 0 Å². The lowest BCUT2D eigenvalue weighted by Gasteiger charge is -2.04. The van der Waals surface area contributed by atoms with Crippen LogP contribution in [0, 0.1) is 17.1 Å². The monoisotopic (exact) mass is 323 g/mol. The minimum atomic E-state index is -1.83. The quantitative estimate of drug-likeness (QED) is 0.571. The fraction of sp³-hybridized carbons (Fsp3) is 0.111. The van der Waals surface area contributed by atoms with Crippen LogP contribution in [0.1, 0.15) is 11.1 Å². The molecule has 6 heteroatoms. The van der Waals surface area contributed by atoms with Crippen LogP contribution in [0.4, 0.5) is 4.39 Å². The van der Waals surface area contributed by atoms with Gasteiger partial charge >= 0.3 is 0 Å². The van der Waals surface area contributed by atoms with Crippen molar-refractivity contribution in [1.29, 1.82) is 5.26 Å². The zero-order valence-electron chi connectivity index (χ0n) is 12.6. The predicted octanol–water partition coefficient (Wildman–Crippen LogP) is 2.44. The molecule has 0 unspecified atom stereocenters. The number of halogens is 1. The van der Waals surface area contributed by atoms with Crippen molar-refractivity contribution < 1.29 is 14.6 Å². The lowest BCUT2D eigenvalue weighted by atomic mass is 10.1. The van der Waals surface area contributed by atoms with Gasteiger partial charge in [0.2, 0.25) is 0 Å². The van der Waals surface area contributed by atoms with Crippen LogP contribution in [-0.2, 0) is 6.54 Å². The number of pyridine rings is 1. The molecule has 3 aromatic rings. The van der Waals surface area contributed by atoms with Crippen molar-refractivity contribution in [2.45, 2.75) is 12.8 Å². The highest BCUT2D eigenvalue weighted by atomic mass is 19.1. The Bertz CT molecular complexity index is 937. The molecule has 0 atom stereocenters. The summed E-state index contributed by atoms with van der Waals surface area (Å²) in [6.45, 7) is 0.477. The fourth-order valence-electron chi connectivity index (χ4n) is 2.50. The topological polar surface area (TPSA) is 82.1 Å². The van der Waals surface area contributed by atoms with Crippen LogP contribution in [0.15, 0.2) is 54.4 Å². The average Bonchev–Trinajstić information content (AvgIpc) is 2.92. The highest BCUT2D eigenvalue weighted by Crippen LogP contribution is 2.23. The summed E-state index contributed by atoms with van der Waals surface area (Å²) in [5, 5.41) is 28.2. The third kappa shape index (κ3) is 3.18. The molecule has 0 saturated heterocycles. The normalized spacial score (nSPS) is 11.9. The Balaban J connectivity index is 2.07. The van der Waals surface area contributed by atoms with Crippen LogP contribution in [0.2, 0.25) is 0 Å². The van der Waals surface area contributed by atoms with Gasteiger partial charge in [0.05, 0.1) is 5.57 Å². The van der Waals surface area contributed by atoms with Crippen molar-refractivity contribution in [3.05, 3.63) is 71.3 Å². The zero-order valence-corrected chi connectivity index (χ0v) is 12.6. The molecule has 1 aromatic carbocycles. The highest BCUT2D eigenvalue weighted by Gasteiger charge is 2.12. The molecular weight excluding hydrogens is 309 g/mol. The first-order chi connectivity index (χ1) is 11.6. The maximum atomic E-state index is 13.0. The second-order valence-corrected chi connectivity index (χ2v) is 5.30.